The minimum atomic E-state index is -0.727. The minimum absolute atomic E-state index is 0.225. The molecule has 2 aromatic carbocycles. The highest BCUT2D eigenvalue weighted by Gasteiger charge is 2.37. The lowest BCUT2D eigenvalue weighted by Crippen LogP contribution is -2.55. The van der Waals surface area contributed by atoms with E-state index in [1.54, 1.807) is 11.8 Å². The molecule has 0 aromatic heterocycles. The van der Waals surface area contributed by atoms with Crippen molar-refractivity contribution in [1.82, 2.24) is 10.6 Å². The first kappa shape index (κ1) is 17.0. The Kier molecular flexibility index (Phi) is 5.56. The normalized spacial score (nSPS) is 23.3. The molecule has 2 N–H and O–H groups in total. The van der Waals surface area contributed by atoms with Gasteiger partial charge in [-0.2, -0.15) is 5.26 Å². The van der Waals surface area contributed by atoms with Gasteiger partial charge in [-0.05, 0) is 23.3 Å². The lowest BCUT2D eigenvalue weighted by molar-refractivity contribution is -0.126. The number of amides is 1. The van der Waals surface area contributed by atoms with Crippen molar-refractivity contribution < 1.29 is 4.79 Å². The number of halogens is 1. The number of nitriles is 1. The highest BCUT2D eigenvalue weighted by molar-refractivity contribution is 9.10. The van der Waals surface area contributed by atoms with Crippen LogP contribution in [0.5, 0.6) is 0 Å². The lowest BCUT2D eigenvalue weighted by atomic mass is 9.92. The van der Waals surface area contributed by atoms with E-state index in [0.717, 1.165) is 15.8 Å². The van der Waals surface area contributed by atoms with Crippen molar-refractivity contribution in [2.75, 3.05) is 0 Å². The molecule has 1 aliphatic heterocycles. The molecule has 1 saturated heterocycles. The molecule has 1 aliphatic rings. The van der Waals surface area contributed by atoms with Crippen molar-refractivity contribution >= 4 is 33.6 Å². The van der Waals surface area contributed by atoms with Crippen molar-refractivity contribution in [3.8, 4) is 6.07 Å². The first-order valence-corrected chi connectivity index (χ1v) is 9.38. The van der Waals surface area contributed by atoms with Gasteiger partial charge in [0.25, 0.3) is 0 Å². The van der Waals surface area contributed by atoms with Gasteiger partial charge in [-0.3, -0.25) is 10.1 Å². The van der Waals surface area contributed by atoms with Crippen molar-refractivity contribution in [1.29, 1.82) is 5.26 Å². The van der Waals surface area contributed by atoms with Crippen LogP contribution in [0.1, 0.15) is 17.2 Å². The average Bonchev–Trinajstić information content (AvgIpc) is 2.60. The summed E-state index contributed by atoms with van der Waals surface area (Å²) in [5.41, 5.74) is 1.89. The Balaban J connectivity index is 1.72. The highest BCUT2D eigenvalue weighted by Crippen LogP contribution is 2.29. The maximum absolute atomic E-state index is 12.3. The van der Waals surface area contributed by atoms with Gasteiger partial charge in [0.15, 0.2) is 0 Å². The number of carbonyl (C=O) groups excluding carboxylic acids is 1. The summed E-state index contributed by atoms with van der Waals surface area (Å²) in [6.07, 6.45) is 0. The van der Waals surface area contributed by atoms with Crippen LogP contribution in [-0.4, -0.2) is 11.4 Å². The Bertz CT molecular complexity index is 762. The number of thioether (sulfide) groups is 1. The van der Waals surface area contributed by atoms with Crippen molar-refractivity contribution in [3.05, 3.63) is 70.2 Å². The van der Waals surface area contributed by atoms with Crippen LogP contribution >= 0.6 is 27.7 Å². The highest BCUT2D eigenvalue weighted by atomic mass is 79.9. The van der Waals surface area contributed by atoms with E-state index >= 15 is 0 Å². The summed E-state index contributed by atoms with van der Waals surface area (Å²) >= 11 is 5.06. The molecule has 6 heteroatoms. The Morgan fingerprint density at radius 1 is 1.17 bits per heavy atom. The van der Waals surface area contributed by atoms with Gasteiger partial charge in [0.1, 0.15) is 11.4 Å². The van der Waals surface area contributed by atoms with Gasteiger partial charge in [0, 0.05) is 10.2 Å². The van der Waals surface area contributed by atoms with E-state index in [2.05, 4.69) is 44.8 Å². The van der Waals surface area contributed by atoms with E-state index in [0.29, 0.717) is 0 Å². The van der Waals surface area contributed by atoms with Gasteiger partial charge in [0.2, 0.25) is 5.91 Å². The predicted octanol–water partition coefficient (Wildman–Crippen LogP) is 3.57. The van der Waals surface area contributed by atoms with Crippen LogP contribution in [0.15, 0.2) is 59.1 Å². The fraction of sp³-hybridized carbons (Fsp3) is 0.222. The van der Waals surface area contributed by atoms with Crippen LogP contribution in [0, 0.1) is 17.2 Å². The zero-order chi connectivity index (χ0) is 16.9. The molecule has 2 aromatic rings. The van der Waals surface area contributed by atoms with Crippen LogP contribution in [0.25, 0.3) is 0 Å². The molecule has 0 saturated carbocycles. The summed E-state index contributed by atoms with van der Waals surface area (Å²) in [7, 11) is 0. The quantitative estimate of drug-likeness (QED) is 0.821. The van der Waals surface area contributed by atoms with E-state index in [1.807, 2.05) is 42.5 Å². The molecule has 4 nitrogen and oxygen atoms in total. The SMILES string of the molecule is N#CC1C(=O)NC(SCc2cccc(Br)c2)NC1c1ccccc1. The number of rotatable bonds is 4. The number of nitrogens with one attached hydrogen (secondary N) is 2. The Morgan fingerprint density at radius 3 is 2.67 bits per heavy atom. The van der Waals surface area contributed by atoms with E-state index in [-0.39, 0.29) is 17.4 Å². The maximum atomic E-state index is 12.3. The van der Waals surface area contributed by atoms with Gasteiger partial charge in [-0.1, -0.05) is 58.4 Å². The standard InChI is InChI=1S/C18H16BrN3OS/c19-14-8-4-5-12(9-14)11-24-18-21-16(13-6-2-1-3-7-13)15(10-20)17(23)22-18/h1-9,15-16,18,21H,11H2,(H,22,23). The minimum Gasteiger partial charge on any atom is -0.331 e. The molecule has 3 rings (SSSR count). The molecule has 1 amide bonds. The number of nitrogens with zero attached hydrogens (tertiary/aromatic N) is 1. The van der Waals surface area contributed by atoms with Gasteiger partial charge >= 0.3 is 0 Å². The summed E-state index contributed by atoms with van der Waals surface area (Å²) in [5, 5.41) is 15.6. The second-order valence-corrected chi connectivity index (χ2v) is 7.50. The number of hydrogen-bond acceptors (Lipinski definition) is 4. The number of benzene rings is 2. The molecule has 0 spiro atoms. The zero-order valence-corrected chi connectivity index (χ0v) is 15.2. The zero-order valence-electron chi connectivity index (χ0n) is 12.8. The van der Waals surface area contributed by atoms with Gasteiger partial charge in [-0.15, -0.1) is 11.8 Å². The third-order valence-electron chi connectivity index (χ3n) is 3.82. The molecule has 3 unspecified atom stereocenters. The van der Waals surface area contributed by atoms with Crippen LogP contribution < -0.4 is 10.6 Å². The monoisotopic (exact) mass is 401 g/mol. The van der Waals surface area contributed by atoms with Crippen LogP contribution in [0.3, 0.4) is 0 Å². The molecule has 0 aliphatic carbocycles. The summed E-state index contributed by atoms with van der Waals surface area (Å²) in [6.45, 7) is 0. The number of hydrogen-bond donors (Lipinski definition) is 2. The second kappa shape index (κ2) is 7.84. The van der Waals surface area contributed by atoms with Crippen LogP contribution in [0.4, 0.5) is 0 Å². The number of carbonyl (C=O) groups is 1. The molecule has 24 heavy (non-hydrogen) atoms. The fourth-order valence-electron chi connectivity index (χ4n) is 2.65. The average molecular weight is 402 g/mol. The molecular formula is C18H16BrN3OS. The maximum Gasteiger partial charge on any atom is 0.241 e. The molecule has 0 bridgehead atoms. The Morgan fingerprint density at radius 2 is 1.96 bits per heavy atom. The summed E-state index contributed by atoms with van der Waals surface area (Å²) in [4.78, 5) is 12.3. The molecule has 0 radical (unpaired) electrons. The van der Waals surface area contributed by atoms with E-state index < -0.39 is 5.92 Å². The fourth-order valence-corrected chi connectivity index (χ4v) is 4.08. The third-order valence-corrected chi connectivity index (χ3v) is 5.40. The molecule has 1 fully saturated rings. The largest absolute Gasteiger partial charge is 0.331 e. The Hall–Kier alpha value is -1.81. The summed E-state index contributed by atoms with van der Waals surface area (Å²) in [5.74, 6) is -0.192. The molecule has 122 valence electrons. The third kappa shape index (κ3) is 3.99. The smallest absolute Gasteiger partial charge is 0.241 e. The molecule has 1 heterocycles. The van der Waals surface area contributed by atoms with E-state index in [4.69, 9.17) is 0 Å². The predicted molar refractivity (Wildman–Crippen MR) is 98.8 cm³/mol. The summed E-state index contributed by atoms with van der Waals surface area (Å²) < 4.78 is 1.04. The van der Waals surface area contributed by atoms with E-state index in [9.17, 15) is 10.1 Å². The molecular weight excluding hydrogens is 386 g/mol. The Labute approximate surface area is 153 Å². The lowest BCUT2D eigenvalue weighted by Gasteiger charge is -2.34. The van der Waals surface area contributed by atoms with Gasteiger partial charge < -0.3 is 5.32 Å². The van der Waals surface area contributed by atoms with E-state index in [1.165, 1.54) is 5.56 Å². The van der Waals surface area contributed by atoms with Crippen molar-refractivity contribution in [3.63, 3.8) is 0 Å². The van der Waals surface area contributed by atoms with Gasteiger partial charge in [-0.25, -0.2) is 0 Å². The topological polar surface area (TPSA) is 64.9 Å². The van der Waals surface area contributed by atoms with Crippen molar-refractivity contribution in [2.24, 2.45) is 5.92 Å². The molecule has 3 atom stereocenters. The first-order valence-electron chi connectivity index (χ1n) is 7.54. The van der Waals surface area contributed by atoms with Crippen LogP contribution in [-0.2, 0) is 10.5 Å². The first-order chi connectivity index (χ1) is 11.7. The van der Waals surface area contributed by atoms with Gasteiger partial charge in [0.05, 0.1) is 12.1 Å². The summed E-state index contributed by atoms with van der Waals surface area (Å²) in [6, 6.07) is 19.5. The van der Waals surface area contributed by atoms with Crippen LogP contribution in [0.2, 0.25) is 0 Å². The van der Waals surface area contributed by atoms with Crippen molar-refractivity contribution in [2.45, 2.75) is 17.3 Å². The second-order valence-electron chi connectivity index (χ2n) is 5.49.